The van der Waals surface area contributed by atoms with Gasteiger partial charge in [0.2, 0.25) is 0 Å². The molecule has 0 saturated heterocycles. The van der Waals surface area contributed by atoms with Gasteiger partial charge >= 0.3 is 5.97 Å². The highest BCUT2D eigenvalue weighted by Gasteiger charge is 2.18. The van der Waals surface area contributed by atoms with E-state index < -0.39 is 11.9 Å². The molecule has 2 heterocycles. The minimum absolute atomic E-state index is 0.0276. The lowest BCUT2D eigenvalue weighted by molar-refractivity contribution is 0.0695. The van der Waals surface area contributed by atoms with E-state index in [2.05, 4.69) is 10.3 Å². The average Bonchev–Trinajstić information content (AvgIpc) is 3.07. The summed E-state index contributed by atoms with van der Waals surface area (Å²) >= 11 is 1.55. The molecule has 0 aliphatic heterocycles. The maximum Gasteiger partial charge on any atom is 0.338 e. The van der Waals surface area contributed by atoms with Crippen molar-refractivity contribution in [1.82, 2.24) is 10.3 Å². The maximum absolute atomic E-state index is 11.9. The van der Waals surface area contributed by atoms with Gasteiger partial charge in [-0.2, -0.15) is 0 Å². The predicted octanol–water partition coefficient (Wildman–Crippen LogP) is 2.49. The molecule has 6 nitrogen and oxygen atoms in total. The van der Waals surface area contributed by atoms with Crippen LogP contribution in [0.25, 0.3) is 0 Å². The van der Waals surface area contributed by atoms with Crippen molar-refractivity contribution in [1.29, 1.82) is 0 Å². The van der Waals surface area contributed by atoms with E-state index in [-0.39, 0.29) is 17.4 Å². The van der Waals surface area contributed by atoms with Gasteiger partial charge in [-0.05, 0) is 13.3 Å². The summed E-state index contributed by atoms with van der Waals surface area (Å²) in [6, 6.07) is 0.931. The molecule has 106 valence electrons. The molecular weight excluding hydrogens is 280 g/mol. The number of thiazole rings is 1. The van der Waals surface area contributed by atoms with Gasteiger partial charge in [-0.15, -0.1) is 11.3 Å². The van der Waals surface area contributed by atoms with Crippen molar-refractivity contribution < 1.29 is 19.1 Å². The van der Waals surface area contributed by atoms with Gasteiger partial charge in [0.1, 0.15) is 6.26 Å². The Balaban J connectivity index is 2.04. The Bertz CT molecular complexity index is 632. The molecule has 20 heavy (non-hydrogen) atoms. The molecule has 7 heteroatoms. The van der Waals surface area contributed by atoms with Crippen molar-refractivity contribution in [3.05, 3.63) is 39.7 Å². The highest BCUT2D eigenvalue weighted by Crippen LogP contribution is 2.18. The second-order valence-electron chi connectivity index (χ2n) is 4.22. The van der Waals surface area contributed by atoms with E-state index in [0.717, 1.165) is 23.4 Å². The number of hydrogen-bond acceptors (Lipinski definition) is 5. The number of furan rings is 1. The fourth-order valence-electron chi connectivity index (χ4n) is 1.60. The SMILES string of the molecule is CCc1nc(C(C)NC(=O)c2cc(C(=O)O)co2)cs1. The summed E-state index contributed by atoms with van der Waals surface area (Å²) in [6.07, 6.45) is 1.89. The van der Waals surface area contributed by atoms with Crippen molar-refractivity contribution in [2.75, 3.05) is 0 Å². The van der Waals surface area contributed by atoms with Gasteiger partial charge in [-0.3, -0.25) is 4.79 Å². The minimum Gasteiger partial charge on any atom is -0.478 e. The molecule has 0 aromatic carbocycles. The number of aryl methyl sites for hydroxylation is 1. The second-order valence-corrected chi connectivity index (χ2v) is 5.16. The van der Waals surface area contributed by atoms with Crippen molar-refractivity contribution in [2.24, 2.45) is 0 Å². The van der Waals surface area contributed by atoms with Crippen molar-refractivity contribution in [3.8, 4) is 0 Å². The molecule has 2 rings (SSSR count). The van der Waals surface area contributed by atoms with Crippen molar-refractivity contribution in [2.45, 2.75) is 26.3 Å². The summed E-state index contributed by atoms with van der Waals surface area (Å²) in [5, 5.41) is 14.4. The lowest BCUT2D eigenvalue weighted by atomic mass is 10.2. The number of nitrogens with zero attached hydrogens (tertiary/aromatic N) is 1. The Morgan fingerprint density at radius 3 is 2.85 bits per heavy atom. The fraction of sp³-hybridized carbons (Fsp3) is 0.308. The van der Waals surface area contributed by atoms with E-state index in [1.54, 1.807) is 11.3 Å². The van der Waals surface area contributed by atoms with Crippen LogP contribution in [0.3, 0.4) is 0 Å². The molecule has 0 aliphatic rings. The number of carbonyl (C=O) groups excluding carboxylic acids is 1. The third kappa shape index (κ3) is 3.05. The third-order valence-electron chi connectivity index (χ3n) is 2.73. The van der Waals surface area contributed by atoms with E-state index in [1.165, 1.54) is 6.07 Å². The molecular formula is C13H14N2O4S. The number of aromatic nitrogens is 1. The molecule has 1 atom stereocenters. The zero-order valence-electron chi connectivity index (χ0n) is 11.0. The average molecular weight is 294 g/mol. The van der Waals surface area contributed by atoms with Crippen LogP contribution >= 0.6 is 11.3 Å². The first kappa shape index (κ1) is 14.3. The zero-order chi connectivity index (χ0) is 14.7. The van der Waals surface area contributed by atoms with Gasteiger partial charge in [0.25, 0.3) is 5.91 Å². The molecule has 0 aliphatic carbocycles. The van der Waals surface area contributed by atoms with E-state index >= 15 is 0 Å². The largest absolute Gasteiger partial charge is 0.478 e. The van der Waals surface area contributed by atoms with Gasteiger partial charge in [0.15, 0.2) is 5.76 Å². The molecule has 1 unspecified atom stereocenters. The van der Waals surface area contributed by atoms with Gasteiger partial charge in [-0.25, -0.2) is 9.78 Å². The fourth-order valence-corrected chi connectivity index (χ4v) is 2.43. The monoisotopic (exact) mass is 294 g/mol. The van der Waals surface area contributed by atoms with Crippen LogP contribution in [-0.4, -0.2) is 22.0 Å². The Morgan fingerprint density at radius 1 is 1.55 bits per heavy atom. The normalized spacial score (nSPS) is 12.1. The number of amides is 1. The minimum atomic E-state index is -1.13. The topological polar surface area (TPSA) is 92.4 Å². The Labute approximate surface area is 119 Å². The summed E-state index contributed by atoms with van der Waals surface area (Å²) in [5.74, 6) is -1.62. The van der Waals surface area contributed by atoms with Crippen LogP contribution in [-0.2, 0) is 6.42 Å². The van der Waals surface area contributed by atoms with Crippen LogP contribution in [0.2, 0.25) is 0 Å². The highest BCUT2D eigenvalue weighted by atomic mass is 32.1. The lowest BCUT2D eigenvalue weighted by Crippen LogP contribution is -2.26. The van der Waals surface area contributed by atoms with Gasteiger partial charge in [0.05, 0.1) is 22.3 Å². The van der Waals surface area contributed by atoms with Crippen LogP contribution < -0.4 is 5.32 Å². The first-order valence-corrected chi connectivity index (χ1v) is 6.96. The van der Waals surface area contributed by atoms with E-state index in [1.807, 2.05) is 19.2 Å². The van der Waals surface area contributed by atoms with Crippen LogP contribution in [0.4, 0.5) is 0 Å². The van der Waals surface area contributed by atoms with Gasteiger partial charge in [-0.1, -0.05) is 6.92 Å². The van der Waals surface area contributed by atoms with Crippen LogP contribution in [0.15, 0.2) is 22.1 Å². The lowest BCUT2D eigenvalue weighted by Gasteiger charge is -2.09. The molecule has 0 bridgehead atoms. The molecule has 2 N–H and O–H groups in total. The summed E-state index contributed by atoms with van der Waals surface area (Å²) in [7, 11) is 0. The predicted molar refractivity (Wildman–Crippen MR) is 73.0 cm³/mol. The summed E-state index contributed by atoms with van der Waals surface area (Å²) in [6.45, 7) is 3.83. The molecule has 2 aromatic heterocycles. The van der Waals surface area contributed by atoms with E-state index in [4.69, 9.17) is 9.52 Å². The summed E-state index contributed by atoms with van der Waals surface area (Å²) in [4.78, 5) is 27.0. The first-order chi connectivity index (χ1) is 9.51. The number of nitrogens with one attached hydrogen (secondary N) is 1. The first-order valence-electron chi connectivity index (χ1n) is 6.08. The third-order valence-corrected chi connectivity index (χ3v) is 3.74. The number of carboxylic acids is 1. The number of carbonyl (C=O) groups is 2. The number of carboxylic acid groups (broad SMARTS) is 1. The van der Waals surface area contributed by atoms with Crippen molar-refractivity contribution >= 4 is 23.2 Å². The second kappa shape index (κ2) is 5.87. The summed E-state index contributed by atoms with van der Waals surface area (Å²) in [5.41, 5.74) is 0.731. The smallest absolute Gasteiger partial charge is 0.338 e. The molecule has 2 aromatic rings. The quantitative estimate of drug-likeness (QED) is 0.883. The van der Waals surface area contributed by atoms with Crippen LogP contribution in [0, 0.1) is 0 Å². The number of aromatic carboxylic acids is 1. The van der Waals surface area contributed by atoms with Gasteiger partial charge < -0.3 is 14.8 Å². The van der Waals surface area contributed by atoms with Crippen LogP contribution in [0.5, 0.6) is 0 Å². The zero-order valence-corrected chi connectivity index (χ0v) is 11.9. The Kier molecular flexibility index (Phi) is 4.19. The molecule has 0 saturated carbocycles. The van der Waals surface area contributed by atoms with Crippen LogP contribution in [0.1, 0.15) is 51.5 Å². The molecule has 0 spiro atoms. The standard InChI is InChI=1S/C13H14N2O4S/c1-3-11-15-9(6-20-11)7(2)14-12(16)10-4-8(5-19-10)13(17)18/h4-7H,3H2,1-2H3,(H,14,16)(H,17,18). The number of hydrogen-bond donors (Lipinski definition) is 2. The Morgan fingerprint density at radius 2 is 2.30 bits per heavy atom. The van der Waals surface area contributed by atoms with E-state index in [9.17, 15) is 9.59 Å². The van der Waals surface area contributed by atoms with Gasteiger partial charge in [0, 0.05) is 11.4 Å². The molecule has 0 fully saturated rings. The molecule has 1 amide bonds. The van der Waals surface area contributed by atoms with Crippen molar-refractivity contribution in [3.63, 3.8) is 0 Å². The number of rotatable bonds is 5. The Hall–Kier alpha value is -2.15. The molecule has 0 radical (unpaired) electrons. The summed E-state index contributed by atoms with van der Waals surface area (Å²) < 4.78 is 4.94. The van der Waals surface area contributed by atoms with E-state index in [0.29, 0.717) is 0 Å². The highest BCUT2D eigenvalue weighted by molar-refractivity contribution is 7.09. The maximum atomic E-state index is 11.9.